The minimum Gasteiger partial charge on any atom is -0.383 e. The molecule has 0 aliphatic rings. The first-order chi connectivity index (χ1) is 12.4. The van der Waals surface area contributed by atoms with Crippen LogP contribution in [0.2, 0.25) is 0 Å². The maximum atomic E-state index is 12.7. The third-order valence-electron chi connectivity index (χ3n) is 4.10. The average Bonchev–Trinajstić information content (AvgIpc) is 3.26. The SMILES string of the molecule is CC(O)(CNS(=O)(=O)c1cccc2nsnc12)c1cc2ccccc2s1. The number of fused-ring (bicyclic) bond motifs is 2. The zero-order valence-electron chi connectivity index (χ0n) is 13.7. The molecule has 134 valence electrons. The second kappa shape index (κ2) is 6.36. The van der Waals surface area contributed by atoms with Gasteiger partial charge in [-0.15, -0.1) is 11.3 Å². The lowest BCUT2D eigenvalue weighted by Crippen LogP contribution is -2.38. The Hall–Kier alpha value is -1.91. The number of nitrogens with zero attached hydrogens (tertiary/aromatic N) is 2. The van der Waals surface area contributed by atoms with Gasteiger partial charge in [-0.2, -0.15) is 8.75 Å². The Labute approximate surface area is 158 Å². The van der Waals surface area contributed by atoms with Crippen LogP contribution in [0.5, 0.6) is 0 Å². The summed E-state index contributed by atoms with van der Waals surface area (Å²) in [6.45, 7) is 1.46. The van der Waals surface area contributed by atoms with Gasteiger partial charge in [0.15, 0.2) is 0 Å². The summed E-state index contributed by atoms with van der Waals surface area (Å²) in [7, 11) is -3.83. The van der Waals surface area contributed by atoms with Crippen molar-refractivity contribution in [1.82, 2.24) is 13.5 Å². The molecule has 0 bridgehead atoms. The van der Waals surface area contributed by atoms with E-state index in [0.29, 0.717) is 15.9 Å². The minimum atomic E-state index is -3.83. The number of sulfonamides is 1. The van der Waals surface area contributed by atoms with Gasteiger partial charge in [0.2, 0.25) is 10.0 Å². The van der Waals surface area contributed by atoms with Gasteiger partial charge in [-0.05, 0) is 36.6 Å². The molecule has 4 aromatic rings. The molecule has 1 unspecified atom stereocenters. The van der Waals surface area contributed by atoms with E-state index in [1.165, 1.54) is 17.4 Å². The molecule has 0 spiro atoms. The Morgan fingerprint density at radius 2 is 1.96 bits per heavy atom. The Morgan fingerprint density at radius 1 is 1.15 bits per heavy atom. The third-order valence-corrected chi connectivity index (χ3v) is 7.45. The van der Waals surface area contributed by atoms with Gasteiger partial charge < -0.3 is 5.11 Å². The van der Waals surface area contributed by atoms with E-state index >= 15 is 0 Å². The van der Waals surface area contributed by atoms with Crippen LogP contribution in [0.1, 0.15) is 11.8 Å². The van der Waals surface area contributed by atoms with E-state index in [-0.39, 0.29) is 11.4 Å². The highest BCUT2D eigenvalue weighted by Gasteiger charge is 2.29. The molecule has 4 rings (SSSR count). The fourth-order valence-corrected chi connectivity index (χ4v) is 5.65. The van der Waals surface area contributed by atoms with Gasteiger partial charge in [-0.1, -0.05) is 24.3 Å². The van der Waals surface area contributed by atoms with Crippen molar-refractivity contribution in [2.75, 3.05) is 6.54 Å². The van der Waals surface area contributed by atoms with Crippen molar-refractivity contribution in [3.8, 4) is 0 Å². The van der Waals surface area contributed by atoms with Crippen molar-refractivity contribution in [3.63, 3.8) is 0 Å². The molecule has 2 N–H and O–H groups in total. The fourth-order valence-electron chi connectivity index (χ4n) is 2.65. The van der Waals surface area contributed by atoms with Crippen LogP contribution in [0.3, 0.4) is 0 Å². The van der Waals surface area contributed by atoms with Gasteiger partial charge in [0.1, 0.15) is 21.5 Å². The van der Waals surface area contributed by atoms with Crippen LogP contribution in [-0.4, -0.2) is 28.8 Å². The van der Waals surface area contributed by atoms with Crippen molar-refractivity contribution in [1.29, 1.82) is 0 Å². The number of hydrogen-bond donors (Lipinski definition) is 2. The lowest BCUT2D eigenvalue weighted by molar-refractivity contribution is 0.0667. The molecular weight excluding hydrogens is 390 g/mol. The molecule has 9 heteroatoms. The van der Waals surface area contributed by atoms with E-state index in [1.807, 2.05) is 30.3 Å². The molecule has 0 fully saturated rings. The largest absolute Gasteiger partial charge is 0.383 e. The normalized spacial score (nSPS) is 14.7. The van der Waals surface area contributed by atoms with Crippen molar-refractivity contribution in [2.45, 2.75) is 17.4 Å². The molecule has 0 saturated heterocycles. The lowest BCUT2D eigenvalue weighted by atomic mass is 10.1. The molecule has 26 heavy (non-hydrogen) atoms. The second-order valence-electron chi connectivity index (χ2n) is 6.13. The first kappa shape index (κ1) is 17.5. The van der Waals surface area contributed by atoms with Crippen LogP contribution >= 0.6 is 23.1 Å². The average molecular weight is 406 g/mol. The van der Waals surface area contributed by atoms with E-state index in [0.717, 1.165) is 21.8 Å². The Bertz CT molecular complexity index is 1160. The molecule has 2 aromatic heterocycles. The summed E-state index contributed by atoms with van der Waals surface area (Å²) in [5, 5.41) is 11.9. The van der Waals surface area contributed by atoms with Crippen LogP contribution < -0.4 is 4.72 Å². The summed E-state index contributed by atoms with van der Waals surface area (Å²) < 4.78 is 37.1. The predicted molar refractivity (Wildman–Crippen MR) is 104 cm³/mol. The van der Waals surface area contributed by atoms with Crippen LogP contribution in [0.25, 0.3) is 21.1 Å². The van der Waals surface area contributed by atoms with Crippen molar-refractivity contribution in [2.24, 2.45) is 0 Å². The van der Waals surface area contributed by atoms with Crippen LogP contribution in [-0.2, 0) is 15.6 Å². The Balaban J connectivity index is 1.61. The maximum absolute atomic E-state index is 12.7. The van der Waals surface area contributed by atoms with Gasteiger partial charge in [0, 0.05) is 16.1 Å². The van der Waals surface area contributed by atoms with E-state index in [2.05, 4.69) is 13.5 Å². The first-order valence-corrected chi connectivity index (χ1v) is 10.8. The van der Waals surface area contributed by atoms with Gasteiger partial charge in [-0.25, -0.2) is 13.1 Å². The molecule has 2 heterocycles. The Morgan fingerprint density at radius 3 is 2.77 bits per heavy atom. The molecule has 0 saturated carbocycles. The van der Waals surface area contributed by atoms with Gasteiger partial charge in [0.25, 0.3) is 0 Å². The quantitative estimate of drug-likeness (QED) is 0.532. The highest BCUT2D eigenvalue weighted by atomic mass is 32.2. The third kappa shape index (κ3) is 3.12. The van der Waals surface area contributed by atoms with Crippen LogP contribution in [0.4, 0.5) is 0 Å². The summed E-state index contributed by atoms with van der Waals surface area (Å²) in [5.74, 6) is 0. The number of rotatable bonds is 5. The summed E-state index contributed by atoms with van der Waals surface area (Å²) in [4.78, 5) is 0.769. The van der Waals surface area contributed by atoms with Gasteiger partial charge >= 0.3 is 0 Å². The number of aliphatic hydroxyl groups is 1. The molecule has 0 amide bonds. The smallest absolute Gasteiger partial charge is 0.242 e. The predicted octanol–water partition coefficient (Wildman–Crippen LogP) is 3.09. The second-order valence-corrected chi connectivity index (χ2v) is 9.48. The highest BCUT2D eigenvalue weighted by molar-refractivity contribution is 7.89. The molecule has 0 aliphatic carbocycles. The van der Waals surface area contributed by atoms with E-state index in [4.69, 9.17) is 0 Å². The van der Waals surface area contributed by atoms with Crippen LogP contribution in [0, 0.1) is 0 Å². The number of nitrogens with one attached hydrogen (secondary N) is 1. The molecule has 0 radical (unpaired) electrons. The molecule has 0 aliphatic heterocycles. The standard InChI is InChI=1S/C17H15N3O3S3/c1-17(21,15-9-11-5-2-3-7-13(11)24-15)10-18-26(22,23)14-8-4-6-12-16(14)20-25-19-12/h2-9,18,21H,10H2,1H3. The molecule has 2 aromatic carbocycles. The number of hydrogen-bond acceptors (Lipinski definition) is 7. The van der Waals surface area contributed by atoms with E-state index in [1.54, 1.807) is 19.1 Å². The van der Waals surface area contributed by atoms with Crippen molar-refractivity contribution in [3.05, 3.63) is 53.4 Å². The molecule has 1 atom stereocenters. The summed E-state index contributed by atoms with van der Waals surface area (Å²) in [6.07, 6.45) is 0. The molecular formula is C17H15N3O3S3. The van der Waals surface area contributed by atoms with E-state index < -0.39 is 15.6 Å². The van der Waals surface area contributed by atoms with E-state index in [9.17, 15) is 13.5 Å². The van der Waals surface area contributed by atoms with Gasteiger partial charge in [0.05, 0.1) is 11.7 Å². The zero-order chi connectivity index (χ0) is 18.4. The molecule has 6 nitrogen and oxygen atoms in total. The van der Waals surface area contributed by atoms with Crippen molar-refractivity contribution < 1.29 is 13.5 Å². The van der Waals surface area contributed by atoms with Crippen LogP contribution in [0.15, 0.2) is 53.4 Å². The summed E-state index contributed by atoms with van der Waals surface area (Å²) in [6, 6.07) is 14.5. The number of thiophene rings is 1. The highest BCUT2D eigenvalue weighted by Crippen LogP contribution is 2.33. The Kier molecular flexibility index (Phi) is 4.28. The van der Waals surface area contributed by atoms with Crippen molar-refractivity contribution >= 4 is 54.2 Å². The topological polar surface area (TPSA) is 92.2 Å². The zero-order valence-corrected chi connectivity index (χ0v) is 16.2. The fraction of sp³-hybridized carbons (Fsp3) is 0.176. The monoisotopic (exact) mass is 405 g/mol. The summed E-state index contributed by atoms with van der Waals surface area (Å²) >= 11 is 2.42. The van der Waals surface area contributed by atoms with Gasteiger partial charge in [-0.3, -0.25) is 0 Å². The lowest BCUT2D eigenvalue weighted by Gasteiger charge is -2.22. The summed E-state index contributed by atoms with van der Waals surface area (Å²) in [5.41, 5.74) is -0.453. The number of benzene rings is 2. The maximum Gasteiger partial charge on any atom is 0.242 e. The number of aromatic nitrogens is 2. The minimum absolute atomic E-state index is 0.0656. The first-order valence-electron chi connectivity index (χ1n) is 7.79.